The minimum Gasteiger partial charge on any atom is -0.378 e. The molecule has 28 heavy (non-hydrogen) atoms. The van der Waals surface area contributed by atoms with Gasteiger partial charge in [-0.2, -0.15) is 0 Å². The lowest BCUT2D eigenvalue weighted by atomic mass is 10.1. The van der Waals surface area contributed by atoms with E-state index in [-0.39, 0.29) is 11.8 Å². The molecule has 1 aromatic carbocycles. The van der Waals surface area contributed by atoms with Gasteiger partial charge in [-0.25, -0.2) is 4.98 Å². The second kappa shape index (κ2) is 8.28. The molecule has 8 heteroatoms. The molecular formula is C20H21BrN4O3. The van der Waals surface area contributed by atoms with Crippen LogP contribution in [0.2, 0.25) is 0 Å². The molecule has 0 aliphatic carbocycles. The van der Waals surface area contributed by atoms with E-state index in [2.05, 4.69) is 31.1 Å². The number of hydrogen-bond donors (Lipinski definition) is 1. The Morgan fingerprint density at radius 3 is 2.68 bits per heavy atom. The molecule has 2 fully saturated rings. The fourth-order valence-electron chi connectivity index (χ4n) is 3.51. The van der Waals surface area contributed by atoms with Crippen molar-refractivity contribution in [2.45, 2.75) is 6.42 Å². The Morgan fingerprint density at radius 1 is 1.14 bits per heavy atom. The Balaban J connectivity index is 1.39. The van der Waals surface area contributed by atoms with Crippen molar-refractivity contribution < 1.29 is 14.3 Å². The Bertz CT molecular complexity index is 868. The van der Waals surface area contributed by atoms with E-state index < -0.39 is 5.92 Å². The second-order valence-corrected chi connectivity index (χ2v) is 7.72. The van der Waals surface area contributed by atoms with Gasteiger partial charge in [-0.3, -0.25) is 9.59 Å². The summed E-state index contributed by atoms with van der Waals surface area (Å²) in [4.78, 5) is 33.5. The maximum atomic E-state index is 12.7. The summed E-state index contributed by atoms with van der Waals surface area (Å²) in [5.74, 6) is -0.731. The number of halogens is 1. The summed E-state index contributed by atoms with van der Waals surface area (Å²) in [6.45, 7) is 3.59. The average molecular weight is 445 g/mol. The van der Waals surface area contributed by atoms with Crippen LogP contribution in [0.1, 0.15) is 6.42 Å². The van der Waals surface area contributed by atoms with Crippen molar-refractivity contribution in [1.29, 1.82) is 0 Å². The van der Waals surface area contributed by atoms with Gasteiger partial charge in [-0.15, -0.1) is 0 Å². The predicted molar refractivity (Wildman–Crippen MR) is 111 cm³/mol. The van der Waals surface area contributed by atoms with Gasteiger partial charge in [0.05, 0.1) is 25.1 Å². The summed E-state index contributed by atoms with van der Waals surface area (Å²) >= 11 is 3.42. The number of benzene rings is 1. The number of anilines is 3. The van der Waals surface area contributed by atoms with Crippen LogP contribution in [-0.2, 0) is 14.3 Å². The SMILES string of the molecule is O=C(Nc1ccc(N2CCOCC2)cn1)C1CCN(c2cccc(Br)c2)C1=O. The van der Waals surface area contributed by atoms with Crippen molar-refractivity contribution in [3.8, 4) is 0 Å². The van der Waals surface area contributed by atoms with Gasteiger partial charge < -0.3 is 19.9 Å². The molecule has 2 aliphatic rings. The smallest absolute Gasteiger partial charge is 0.239 e. The largest absolute Gasteiger partial charge is 0.378 e. The molecule has 7 nitrogen and oxygen atoms in total. The van der Waals surface area contributed by atoms with E-state index in [1.54, 1.807) is 17.2 Å². The number of nitrogens with one attached hydrogen (secondary N) is 1. The summed E-state index contributed by atoms with van der Waals surface area (Å²) in [7, 11) is 0. The number of morpholine rings is 1. The van der Waals surface area contributed by atoms with Gasteiger partial charge >= 0.3 is 0 Å². The topological polar surface area (TPSA) is 74.8 Å². The molecule has 1 N–H and O–H groups in total. The second-order valence-electron chi connectivity index (χ2n) is 6.80. The standard InChI is InChI=1S/C20H21BrN4O3/c21-14-2-1-3-15(12-14)25-7-6-17(20(25)27)19(26)23-18-5-4-16(13-22-18)24-8-10-28-11-9-24/h1-5,12-13,17H,6-11H2,(H,22,23,26). The van der Waals surface area contributed by atoms with Gasteiger partial charge in [0, 0.05) is 29.8 Å². The molecule has 2 amide bonds. The normalized spacial score (nSPS) is 19.8. The zero-order valence-corrected chi connectivity index (χ0v) is 16.9. The molecule has 0 saturated carbocycles. The van der Waals surface area contributed by atoms with E-state index in [1.165, 1.54) is 0 Å². The third-order valence-corrected chi connectivity index (χ3v) is 5.51. The lowest BCUT2D eigenvalue weighted by Crippen LogP contribution is -2.36. The Labute approximate surface area is 171 Å². The first kappa shape index (κ1) is 18.9. The van der Waals surface area contributed by atoms with Crippen molar-refractivity contribution in [1.82, 2.24) is 4.98 Å². The van der Waals surface area contributed by atoms with Crippen LogP contribution in [0.3, 0.4) is 0 Å². The molecule has 1 unspecified atom stereocenters. The van der Waals surface area contributed by atoms with Crippen molar-refractivity contribution in [2.75, 3.05) is 48.0 Å². The van der Waals surface area contributed by atoms with Crippen LogP contribution in [0.25, 0.3) is 0 Å². The molecule has 146 valence electrons. The monoisotopic (exact) mass is 444 g/mol. The summed E-state index contributed by atoms with van der Waals surface area (Å²) in [5.41, 5.74) is 1.79. The molecule has 0 spiro atoms. The molecule has 0 radical (unpaired) electrons. The minimum atomic E-state index is -0.695. The summed E-state index contributed by atoms with van der Waals surface area (Å²) in [6, 6.07) is 11.2. The van der Waals surface area contributed by atoms with E-state index in [4.69, 9.17) is 4.74 Å². The number of pyridine rings is 1. The molecule has 4 rings (SSSR count). The maximum absolute atomic E-state index is 12.7. The maximum Gasteiger partial charge on any atom is 0.239 e. The predicted octanol–water partition coefficient (Wildman–Crippen LogP) is 2.67. The lowest BCUT2D eigenvalue weighted by Gasteiger charge is -2.28. The fourth-order valence-corrected chi connectivity index (χ4v) is 3.89. The van der Waals surface area contributed by atoms with E-state index >= 15 is 0 Å². The first-order valence-electron chi connectivity index (χ1n) is 9.28. The molecule has 2 saturated heterocycles. The van der Waals surface area contributed by atoms with Crippen molar-refractivity contribution in [3.63, 3.8) is 0 Å². The number of rotatable bonds is 4. The molecule has 2 aliphatic heterocycles. The Morgan fingerprint density at radius 2 is 1.96 bits per heavy atom. The first-order valence-corrected chi connectivity index (χ1v) is 10.1. The van der Waals surface area contributed by atoms with E-state index in [1.807, 2.05) is 30.3 Å². The van der Waals surface area contributed by atoms with Gasteiger partial charge in [0.1, 0.15) is 11.7 Å². The highest BCUT2D eigenvalue weighted by atomic mass is 79.9. The molecule has 0 bridgehead atoms. The lowest BCUT2D eigenvalue weighted by molar-refractivity contribution is -0.129. The zero-order chi connectivity index (χ0) is 19.5. The van der Waals surface area contributed by atoms with Gasteiger partial charge in [0.2, 0.25) is 11.8 Å². The molecule has 3 heterocycles. The van der Waals surface area contributed by atoms with E-state index in [9.17, 15) is 9.59 Å². The van der Waals surface area contributed by atoms with Crippen molar-refractivity contribution >= 4 is 44.9 Å². The highest BCUT2D eigenvalue weighted by Crippen LogP contribution is 2.28. The summed E-state index contributed by atoms with van der Waals surface area (Å²) < 4.78 is 6.25. The molecule has 1 aromatic heterocycles. The number of nitrogens with zero attached hydrogens (tertiary/aromatic N) is 3. The summed E-state index contributed by atoms with van der Waals surface area (Å²) in [6.07, 6.45) is 2.23. The quantitative estimate of drug-likeness (QED) is 0.733. The number of amides is 2. The van der Waals surface area contributed by atoms with Gasteiger partial charge in [-0.05, 0) is 36.8 Å². The Hall–Kier alpha value is -2.45. The number of carbonyl (C=O) groups excluding carboxylic acids is 2. The van der Waals surface area contributed by atoms with Crippen LogP contribution in [0, 0.1) is 5.92 Å². The summed E-state index contributed by atoms with van der Waals surface area (Å²) in [5, 5.41) is 2.78. The molecular weight excluding hydrogens is 424 g/mol. The van der Waals surface area contributed by atoms with Crippen LogP contribution in [0.5, 0.6) is 0 Å². The molecule has 1 atom stereocenters. The fraction of sp³-hybridized carbons (Fsp3) is 0.350. The first-order chi connectivity index (χ1) is 13.6. The number of aromatic nitrogens is 1. The van der Waals surface area contributed by atoms with Gasteiger partial charge in [0.25, 0.3) is 0 Å². The average Bonchev–Trinajstić information content (AvgIpc) is 3.11. The van der Waals surface area contributed by atoms with E-state index in [0.717, 1.165) is 28.9 Å². The van der Waals surface area contributed by atoms with Crippen LogP contribution in [0.15, 0.2) is 47.1 Å². The van der Waals surface area contributed by atoms with Crippen LogP contribution >= 0.6 is 15.9 Å². The number of carbonyl (C=O) groups is 2. The van der Waals surface area contributed by atoms with E-state index in [0.29, 0.717) is 32.0 Å². The minimum absolute atomic E-state index is 0.180. The highest BCUT2D eigenvalue weighted by molar-refractivity contribution is 9.10. The third-order valence-electron chi connectivity index (χ3n) is 5.02. The van der Waals surface area contributed by atoms with Gasteiger partial charge in [0.15, 0.2) is 0 Å². The third kappa shape index (κ3) is 4.02. The zero-order valence-electron chi connectivity index (χ0n) is 15.3. The van der Waals surface area contributed by atoms with Crippen molar-refractivity contribution in [2.24, 2.45) is 5.92 Å². The van der Waals surface area contributed by atoms with Crippen LogP contribution in [-0.4, -0.2) is 49.6 Å². The molecule has 2 aromatic rings. The van der Waals surface area contributed by atoms with Crippen molar-refractivity contribution in [3.05, 3.63) is 47.1 Å². The Kier molecular flexibility index (Phi) is 5.59. The van der Waals surface area contributed by atoms with Gasteiger partial charge in [-0.1, -0.05) is 22.0 Å². The number of ether oxygens (including phenoxy) is 1. The number of hydrogen-bond acceptors (Lipinski definition) is 5. The van der Waals surface area contributed by atoms with Crippen LogP contribution in [0.4, 0.5) is 17.2 Å². The highest BCUT2D eigenvalue weighted by Gasteiger charge is 2.37. The van der Waals surface area contributed by atoms with Crippen LogP contribution < -0.4 is 15.1 Å².